The topological polar surface area (TPSA) is 34.9 Å². The van der Waals surface area contributed by atoms with Gasteiger partial charge in [0, 0.05) is 12.8 Å². The molecule has 0 radical (unpaired) electrons. The van der Waals surface area contributed by atoms with E-state index in [2.05, 4.69) is 25.9 Å². The van der Waals surface area contributed by atoms with E-state index in [1.807, 2.05) is 10.7 Å². The zero-order valence-electron chi connectivity index (χ0n) is 9.87. The molecular weight excluding hydrogens is 188 g/mol. The van der Waals surface area contributed by atoms with E-state index in [4.69, 9.17) is 0 Å². The van der Waals surface area contributed by atoms with Crippen LogP contribution in [-0.2, 0) is 5.54 Å². The van der Waals surface area contributed by atoms with E-state index >= 15 is 0 Å². The molecule has 0 N–H and O–H groups in total. The Kier molecular flexibility index (Phi) is 2.21. The van der Waals surface area contributed by atoms with Crippen LogP contribution in [0.2, 0.25) is 0 Å². The number of nitrogens with zero attached hydrogens (tertiary/aromatic N) is 2. The minimum Gasteiger partial charge on any atom is -0.293 e. The Morgan fingerprint density at radius 2 is 2.07 bits per heavy atom. The quantitative estimate of drug-likeness (QED) is 0.697. The fourth-order valence-corrected chi connectivity index (χ4v) is 1.74. The van der Waals surface area contributed by atoms with Crippen molar-refractivity contribution in [3.63, 3.8) is 0 Å². The van der Waals surface area contributed by atoms with Crippen LogP contribution in [0.3, 0.4) is 0 Å². The van der Waals surface area contributed by atoms with E-state index < -0.39 is 0 Å². The average molecular weight is 206 g/mol. The summed E-state index contributed by atoms with van der Waals surface area (Å²) in [5, 5.41) is 4.56. The third-order valence-electron chi connectivity index (χ3n) is 2.72. The second-order valence-corrected chi connectivity index (χ2v) is 5.37. The molecule has 1 aromatic rings. The molecule has 0 amide bonds. The van der Waals surface area contributed by atoms with Gasteiger partial charge in [-0.25, -0.2) is 0 Å². The van der Waals surface area contributed by atoms with E-state index in [0.29, 0.717) is 5.92 Å². The van der Waals surface area contributed by atoms with Crippen LogP contribution >= 0.6 is 0 Å². The molecule has 0 unspecified atom stereocenters. The molecule has 3 nitrogen and oxygen atoms in total. The summed E-state index contributed by atoms with van der Waals surface area (Å²) >= 11 is 0. The minimum atomic E-state index is -0.117. The van der Waals surface area contributed by atoms with Gasteiger partial charge >= 0.3 is 0 Å². The SMILES string of the molecule is CC(=O)c1cc(C2CC2)nn1C(C)(C)C. The molecule has 1 aliphatic rings. The molecule has 3 heteroatoms. The Morgan fingerprint density at radius 3 is 2.40 bits per heavy atom. The number of carbonyl (C=O) groups excluding carboxylic acids is 1. The lowest BCUT2D eigenvalue weighted by Gasteiger charge is -2.21. The number of ketones is 1. The van der Waals surface area contributed by atoms with Crippen LogP contribution in [0.5, 0.6) is 0 Å². The summed E-state index contributed by atoms with van der Waals surface area (Å²) in [6.07, 6.45) is 2.44. The lowest BCUT2D eigenvalue weighted by atomic mass is 10.1. The number of carbonyl (C=O) groups is 1. The standard InChI is InChI=1S/C12H18N2O/c1-8(15)11-7-10(9-5-6-9)13-14(11)12(2,3)4/h7,9H,5-6H2,1-4H3. The van der Waals surface area contributed by atoms with Crippen molar-refractivity contribution in [2.45, 2.75) is 52.0 Å². The minimum absolute atomic E-state index is 0.101. The first kappa shape index (κ1) is 10.4. The van der Waals surface area contributed by atoms with Crippen molar-refractivity contribution in [1.82, 2.24) is 9.78 Å². The van der Waals surface area contributed by atoms with Crippen LogP contribution in [0.15, 0.2) is 6.07 Å². The van der Waals surface area contributed by atoms with E-state index in [9.17, 15) is 4.79 Å². The Morgan fingerprint density at radius 1 is 1.47 bits per heavy atom. The summed E-state index contributed by atoms with van der Waals surface area (Å²) in [6, 6.07) is 1.96. The highest BCUT2D eigenvalue weighted by molar-refractivity contribution is 5.92. The molecule has 0 bridgehead atoms. The Balaban J connectivity index is 2.46. The predicted octanol–water partition coefficient (Wildman–Crippen LogP) is 2.72. The normalized spacial score (nSPS) is 16.8. The van der Waals surface area contributed by atoms with Crippen LogP contribution in [0.25, 0.3) is 0 Å². The third-order valence-corrected chi connectivity index (χ3v) is 2.72. The van der Waals surface area contributed by atoms with Crippen molar-refractivity contribution in [3.05, 3.63) is 17.5 Å². The maximum Gasteiger partial charge on any atom is 0.177 e. The zero-order valence-corrected chi connectivity index (χ0v) is 9.87. The van der Waals surface area contributed by atoms with E-state index in [-0.39, 0.29) is 11.3 Å². The molecule has 0 atom stereocenters. The Bertz CT molecular complexity index is 394. The second kappa shape index (κ2) is 3.19. The van der Waals surface area contributed by atoms with Gasteiger partial charge in [0.15, 0.2) is 5.78 Å². The van der Waals surface area contributed by atoms with Crippen LogP contribution in [0.1, 0.15) is 62.6 Å². The highest BCUT2D eigenvalue weighted by Crippen LogP contribution is 2.40. The van der Waals surface area contributed by atoms with Crippen molar-refractivity contribution in [1.29, 1.82) is 0 Å². The first-order valence-electron chi connectivity index (χ1n) is 5.51. The second-order valence-electron chi connectivity index (χ2n) is 5.37. The number of Topliss-reactive ketones (excluding diaryl/α,β-unsaturated/α-hetero) is 1. The summed E-state index contributed by atoms with van der Waals surface area (Å²) in [4.78, 5) is 11.5. The molecule has 1 aliphatic carbocycles. The fraction of sp³-hybridized carbons (Fsp3) is 0.667. The summed E-state index contributed by atoms with van der Waals surface area (Å²) in [6.45, 7) is 7.82. The molecule has 2 rings (SSSR count). The highest BCUT2D eigenvalue weighted by atomic mass is 16.1. The lowest BCUT2D eigenvalue weighted by Crippen LogP contribution is -2.26. The van der Waals surface area contributed by atoms with Gasteiger partial charge in [-0.05, 0) is 39.7 Å². The number of hydrogen-bond donors (Lipinski definition) is 0. The molecule has 1 fully saturated rings. The van der Waals surface area contributed by atoms with Gasteiger partial charge in [-0.1, -0.05) is 0 Å². The monoisotopic (exact) mass is 206 g/mol. The van der Waals surface area contributed by atoms with Gasteiger partial charge in [0.25, 0.3) is 0 Å². The Hall–Kier alpha value is -1.12. The summed E-state index contributed by atoms with van der Waals surface area (Å²) < 4.78 is 1.86. The molecule has 1 heterocycles. The molecule has 0 aliphatic heterocycles. The van der Waals surface area contributed by atoms with Crippen molar-refractivity contribution in [2.75, 3.05) is 0 Å². The summed E-state index contributed by atoms with van der Waals surface area (Å²) in [5.74, 6) is 0.705. The van der Waals surface area contributed by atoms with Crippen molar-refractivity contribution in [2.24, 2.45) is 0 Å². The lowest BCUT2D eigenvalue weighted by molar-refractivity contribution is 0.0996. The molecule has 1 saturated carbocycles. The predicted molar refractivity (Wildman–Crippen MR) is 59.2 cm³/mol. The fourth-order valence-electron chi connectivity index (χ4n) is 1.74. The maximum atomic E-state index is 11.5. The first-order valence-corrected chi connectivity index (χ1v) is 5.51. The molecule has 0 saturated heterocycles. The van der Waals surface area contributed by atoms with Crippen LogP contribution in [0, 0.1) is 0 Å². The third kappa shape index (κ3) is 1.96. The van der Waals surface area contributed by atoms with E-state index in [1.54, 1.807) is 6.92 Å². The zero-order chi connectivity index (χ0) is 11.2. The van der Waals surface area contributed by atoms with Gasteiger partial charge in [0.1, 0.15) is 5.69 Å². The van der Waals surface area contributed by atoms with E-state index in [1.165, 1.54) is 12.8 Å². The number of aromatic nitrogens is 2. The number of rotatable bonds is 2. The van der Waals surface area contributed by atoms with Crippen molar-refractivity contribution < 1.29 is 4.79 Å². The van der Waals surface area contributed by atoms with Crippen LogP contribution in [-0.4, -0.2) is 15.6 Å². The highest BCUT2D eigenvalue weighted by Gasteiger charge is 2.30. The van der Waals surface area contributed by atoms with Crippen LogP contribution in [0.4, 0.5) is 0 Å². The van der Waals surface area contributed by atoms with Gasteiger partial charge < -0.3 is 0 Å². The molecule has 0 spiro atoms. The van der Waals surface area contributed by atoms with Gasteiger partial charge in [0.05, 0.1) is 11.2 Å². The summed E-state index contributed by atoms with van der Waals surface area (Å²) in [5.41, 5.74) is 1.72. The summed E-state index contributed by atoms with van der Waals surface area (Å²) in [7, 11) is 0. The molecule has 15 heavy (non-hydrogen) atoms. The van der Waals surface area contributed by atoms with Gasteiger partial charge in [-0.2, -0.15) is 5.10 Å². The van der Waals surface area contributed by atoms with Crippen LogP contribution < -0.4 is 0 Å². The molecule has 82 valence electrons. The number of hydrogen-bond acceptors (Lipinski definition) is 2. The van der Waals surface area contributed by atoms with Crippen molar-refractivity contribution in [3.8, 4) is 0 Å². The van der Waals surface area contributed by atoms with Crippen molar-refractivity contribution >= 4 is 5.78 Å². The van der Waals surface area contributed by atoms with Gasteiger partial charge in [-0.15, -0.1) is 0 Å². The molecule has 1 aromatic heterocycles. The molecular formula is C12H18N2O. The van der Waals surface area contributed by atoms with E-state index in [0.717, 1.165) is 11.4 Å². The van der Waals surface area contributed by atoms with Gasteiger partial charge in [-0.3, -0.25) is 9.48 Å². The smallest absolute Gasteiger partial charge is 0.177 e. The average Bonchev–Trinajstić information content (AvgIpc) is 2.81. The van der Waals surface area contributed by atoms with Gasteiger partial charge in [0.2, 0.25) is 0 Å². The largest absolute Gasteiger partial charge is 0.293 e. The maximum absolute atomic E-state index is 11.5. The molecule has 0 aromatic carbocycles. The Labute approximate surface area is 90.5 Å². The first-order chi connectivity index (χ1) is 6.89.